The first-order valence-corrected chi connectivity index (χ1v) is 6.76. The molecule has 90 valence electrons. The van der Waals surface area contributed by atoms with E-state index in [0.29, 0.717) is 0 Å². The molecule has 0 aliphatic heterocycles. The molecule has 0 N–H and O–H groups in total. The van der Waals surface area contributed by atoms with Gasteiger partial charge >= 0.3 is 11.9 Å². The zero-order valence-electron chi connectivity index (χ0n) is 8.79. The lowest BCUT2D eigenvalue weighted by Gasteiger charge is -2.04. The van der Waals surface area contributed by atoms with Crippen molar-refractivity contribution >= 4 is 43.8 Å². The molecule has 1 atom stereocenters. The van der Waals surface area contributed by atoms with Crippen molar-refractivity contribution in [3.8, 4) is 11.8 Å². The number of ether oxygens (including phenoxy) is 2. The minimum Gasteiger partial charge on any atom is -0.464 e. The van der Waals surface area contributed by atoms with Gasteiger partial charge in [0.05, 0.1) is 5.92 Å². The van der Waals surface area contributed by atoms with Crippen molar-refractivity contribution in [2.75, 3.05) is 23.9 Å². The molecule has 0 radical (unpaired) electrons. The zero-order valence-corrected chi connectivity index (χ0v) is 12.0. The Balaban J connectivity index is 3.70. The molecule has 1 unspecified atom stereocenters. The van der Waals surface area contributed by atoms with E-state index in [2.05, 4.69) is 43.7 Å². The normalized spacial score (nSPS) is 10.9. The van der Waals surface area contributed by atoms with Gasteiger partial charge in [0.1, 0.15) is 17.3 Å². The van der Waals surface area contributed by atoms with Gasteiger partial charge in [0, 0.05) is 0 Å². The molecule has 0 aromatic rings. The van der Waals surface area contributed by atoms with Gasteiger partial charge in [0.15, 0.2) is 6.61 Å². The Kier molecular flexibility index (Phi) is 9.34. The van der Waals surface area contributed by atoms with Gasteiger partial charge in [-0.1, -0.05) is 43.7 Å². The molecule has 4 nitrogen and oxygen atoms in total. The molecule has 0 saturated heterocycles. The summed E-state index contributed by atoms with van der Waals surface area (Å²) in [7, 11) is 0. The molecule has 0 heterocycles. The molecule has 0 aromatic heterocycles. The topological polar surface area (TPSA) is 52.6 Å². The molecule has 6 heteroatoms. The molecule has 16 heavy (non-hydrogen) atoms. The third kappa shape index (κ3) is 8.74. The second-order valence-corrected chi connectivity index (χ2v) is 3.95. The third-order valence-corrected chi connectivity index (χ3v) is 2.28. The highest BCUT2D eigenvalue weighted by molar-refractivity contribution is 9.09. The molecule has 0 aliphatic carbocycles. The van der Waals surface area contributed by atoms with E-state index >= 15 is 0 Å². The lowest BCUT2D eigenvalue weighted by Crippen LogP contribution is -2.11. The van der Waals surface area contributed by atoms with Crippen molar-refractivity contribution in [1.82, 2.24) is 0 Å². The maximum atomic E-state index is 10.8. The number of carbonyl (C=O) groups excluding carboxylic acids is 2. The predicted octanol–water partition coefficient (Wildman–Crippen LogP) is 1.50. The summed E-state index contributed by atoms with van der Waals surface area (Å²) in [5, 5.41) is 0.336. The van der Waals surface area contributed by atoms with Crippen molar-refractivity contribution < 1.29 is 19.1 Å². The van der Waals surface area contributed by atoms with Crippen molar-refractivity contribution in [2.24, 2.45) is 5.92 Å². The maximum absolute atomic E-state index is 10.8. The van der Waals surface area contributed by atoms with Gasteiger partial charge in [-0.25, -0.2) is 0 Å². The Morgan fingerprint density at radius 2 is 1.75 bits per heavy atom. The van der Waals surface area contributed by atoms with Crippen LogP contribution in [0.1, 0.15) is 6.92 Å². The van der Waals surface area contributed by atoms with Gasteiger partial charge < -0.3 is 9.47 Å². The molecule has 0 spiro atoms. The summed E-state index contributed by atoms with van der Waals surface area (Å²) < 4.78 is 9.56. The van der Waals surface area contributed by atoms with E-state index in [1.54, 1.807) is 0 Å². The summed E-state index contributed by atoms with van der Waals surface area (Å²) in [5.41, 5.74) is 0. The molecular weight excluding hydrogens is 344 g/mol. The lowest BCUT2D eigenvalue weighted by atomic mass is 10.2. The fourth-order valence-electron chi connectivity index (χ4n) is 0.669. The van der Waals surface area contributed by atoms with Crippen LogP contribution in [0.5, 0.6) is 0 Å². The fourth-order valence-corrected chi connectivity index (χ4v) is 0.993. The Morgan fingerprint density at radius 1 is 1.19 bits per heavy atom. The Bertz CT molecular complexity index is 293. The van der Waals surface area contributed by atoms with Gasteiger partial charge in [-0.15, -0.1) is 0 Å². The highest BCUT2D eigenvalue weighted by Crippen LogP contribution is 1.95. The van der Waals surface area contributed by atoms with E-state index in [9.17, 15) is 9.59 Å². The summed E-state index contributed by atoms with van der Waals surface area (Å²) >= 11 is 5.94. The molecule has 0 amide bonds. The Hall–Kier alpha value is -0.540. The second-order valence-electron chi connectivity index (χ2n) is 2.83. The van der Waals surface area contributed by atoms with Crippen LogP contribution in [-0.2, 0) is 19.1 Å². The average molecular weight is 356 g/mol. The quantitative estimate of drug-likeness (QED) is 0.426. The van der Waals surface area contributed by atoms with Gasteiger partial charge in [-0.2, -0.15) is 0 Å². The number of rotatable bonds is 5. The number of hydrogen-bond donors (Lipinski definition) is 0. The largest absolute Gasteiger partial charge is 0.464 e. The molecule has 0 bridgehead atoms. The summed E-state index contributed by atoms with van der Waals surface area (Å²) in [6, 6.07) is 0. The van der Waals surface area contributed by atoms with Crippen LogP contribution < -0.4 is 0 Å². The zero-order chi connectivity index (χ0) is 12.4. The second kappa shape index (κ2) is 9.67. The number of carbonyl (C=O) groups is 2. The van der Waals surface area contributed by atoms with E-state index in [1.807, 2.05) is 6.92 Å². The monoisotopic (exact) mass is 354 g/mol. The van der Waals surface area contributed by atoms with Crippen molar-refractivity contribution in [1.29, 1.82) is 0 Å². The first-order chi connectivity index (χ1) is 7.60. The van der Waals surface area contributed by atoms with Gasteiger partial charge in [-0.05, 0) is 6.92 Å². The van der Waals surface area contributed by atoms with Crippen LogP contribution in [0.4, 0.5) is 0 Å². The number of esters is 2. The minimum absolute atomic E-state index is 0.0567. The summed E-state index contributed by atoms with van der Waals surface area (Å²) in [6.45, 7) is 2.12. The van der Waals surface area contributed by atoms with Crippen LogP contribution >= 0.6 is 31.9 Å². The summed E-state index contributed by atoms with van der Waals surface area (Å²) in [5.74, 6) is 4.73. The highest BCUT2D eigenvalue weighted by Gasteiger charge is 2.02. The Morgan fingerprint density at radius 3 is 2.31 bits per heavy atom. The molecule has 0 aromatic carbocycles. The molecule has 0 aliphatic rings. The van der Waals surface area contributed by atoms with Crippen molar-refractivity contribution in [3.63, 3.8) is 0 Å². The van der Waals surface area contributed by atoms with Gasteiger partial charge in [0.2, 0.25) is 0 Å². The predicted molar refractivity (Wildman–Crippen MR) is 66.4 cm³/mol. The SMILES string of the molecule is CC(C#CCOC(=O)CBr)COC(=O)CBr. The van der Waals surface area contributed by atoms with Crippen LogP contribution in [0, 0.1) is 17.8 Å². The number of alkyl halides is 2. The summed E-state index contributed by atoms with van der Waals surface area (Å²) in [6.07, 6.45) is 0. The molecule has 0 rings (SSSR count). The van der Waals surface area contributed by atoms with Gasteiger partial charge in [-0.3, -0.25) is 9.59 Å². The third-order valence-electron chi connectivity index (χ3n) is 1.37. The van der Waals surface area contributed by atoms with Crippen LogP contribution in [0.3, 0.4) is 0 Å². The smallest absolute Gasteiger partial charge is 0.317 e. The maximum Gasteiger partial charge on any atom is 0.317 e. The first kappa shape index (κ1) is 15.5. The molecular formula is C10H12Br2O4. The van der Waals surface area contributed by atoms with E-state index < -0.39 is 0 Å². The van der Waals surface area contributed by atoms with Crippen LogP contribution in [0.15, 0.2) is 0 Å². The summed E-state index contributed by atoms with van der Waals surface area (Å²) in [4.78, 5) is 21.5. The van der Waals surface area contributed by atoms with Crippen molar-refractivity contribution in [2.45, 2.75) is 6.92 Å². The average Bonchev–Trinajstić information content (AvgIpc) is 2.31. The van der Waals surface area contributed by atoms with Crippen molar-refractivity contribution in [3.05, 3.63) is 0 Å². The van der Waals surface area contributed by atoms with Gasteiger partial charge in [0.25, 0.3) is 0 Å². The standard InChI is InChI=1S/C10H12Br2O4/c1-8(7-16-10(14)6-12)3-2-4-15-9(13)5-11/h8H,4-7H2,1H3. The van der Waals surface area contributed by atoms with E-state index in [0.717, 1.165) is 0 Å². The highest BCUT2D eigenvalue weighted by atomic mass is 79.9. The van der Waals surface area contributed by atoms with E-state index in [1.165, 1.54) is 0 Å². The Labute approximate surface area is 111 Å². The number of hydrogen-bond acceptors (Lipinski definition) is 4. The fraction of sp³-hybridized carbons (Fsp3) is 0.600. The minimum atomic E-state index is -0.354. The van der Waals surface area contributed by atoms with Crippen LogP contribution in [-0.4, -0.2) is 35.8 Å². The van der Waals surface area contributed by atoms with E-state index in [-0.39, 0.29) is 41.7 Å². The van der Waals surface area contributed by atoms with E-state index in [4.69, 9.17) is 9.47 Å². The lowest BCUT2D eigenvalue weighted by molar-refractivity contribution is -0.141. The number of halogens is 2. The van der Waals surface area contributed by atoms with Crippen LogP contribution in [0.2, 0.25) is 0 Å². The first-order valence-electron chi connectivity index (χ1n) is 4.51. The molecule has 0 saturated carbocycles. The van der Waals surface area contributed by atoms with Crippen LogP contribution in [0.25, 0.3) is 0 Å². The molecule has 0 fully saturated rings.